The third-order valence-electron chi connectivity index (χ3n) is 6.05. The van der Waals surface area contributed by atoms with E-state index in [2.05, 4.69) is 10.6 Å². The third-order valence-corrected chi connectivity index (χ3v) is 7.33. The Labute approximate surface area is 192 Å². The molecular weight excluding hydrogens is 442 g/mol. The third kappa shape index (κ3) is 3.50. The fourth-order valence-electron chi connectivity index (χ4n) is 4.27. The second-order valence-corrected chi connectivity index (χ2v) is 9.17. The fraction of sp³-hybridized carbons (Fsp3) is 0.208. The molecule has 0 spiro atoms. The molecule has 9 heteroatoms. The lowest BCUT2D eigenvalue weighted by molar-refractivity contribution is -0.136. The topological polar surface area (TPSA) is 113 Å². The number of fused-ring (bicyclic) bond motifs is 2. The average Bonchev–Trinajstić information content (AvgIpc) is 3.26. The van der Waals surface area contributed by atoms with Crippen molar-refractivity contribution in [3.63, 3.8) is 0 Å². The molecule has 2 aliphatic rings. The van der Waals surface area contributed by atoms with Crippen LogP contribution >= 0.6 is 11.3 Å². The molecule has 2 aromatic carbocycles. The zero-order valence-electron chi connectivity index (χ0n) is 17.6. The molecule has 1 atom stereocenters. The molecule has 5 amide bonds. The summed E-state index contributed by atoms with van der Waals surface area (Å²) in [5, 5.41) is 6.20. The van der Waals surface area contributed by atoms with Gasteiger partial charge in [0, 0.05) is 21.6 Å². The predicted molar refractivity (Wildman–Crippen MR) is 121 cm³/mol. The van der Waals surface area contributed by atoms with Crippen LogP contribution in [-0.4, -0.2) is 40.5 Å². The summed E-state index contributed by atoms with van der Waals surface area (Å²) in [5.41, 5.74) is 1.58. The van der Waals surface area contributed by atoms with E-state index in [9.17, 15) is 24.0 Å². The highest BCUT2D eigenvalue weighted by Gasteiger charge is 2.44. The Morgan fingerprint density at radius 3 is 2.61 bits per heavy atom. The van der Waals surface area contributed by atoms with Crippen LogP contribution in [0.3, 0.4) is 0 Å². The number of carbonyl (C=O) groups is 5. The Hall–Kier alpha value is -3.85. The van der Waals surface area contributed by atoms with Crippen LogP contribution in [0.2, 0.25) is 0 Å². The van der Waals surface area contributed by atoms with Crippen molar-refractivity contribution < 1.29 is 24.0 Å². The minimum absolute atomic E-state index is 0.0502. The molecule has 3 aromatic rings. The Morgan fingerprint density at radius 2 is 1.85 bits per heavy atom. The van der Waals surface area contributed by atoms with Gasteiger partial charge >= 0.3 is 0 Å². The highest BCUT2D eigenvalue weighted by atomic mass is 32.1. The van der Waals surface area contributed by atoms with E-state index in [0.717, 1.165) is 25.4 Å². The molecule has 0 aliphatic carbocycles. The number of nitrogens with zero attached hydrogens (tertiary/aromatic N) is 1. The molecule has 1 saturated heterocycles. The fourth-order valence-corrected chi connectivity index (χ4v) is 5.42. The first kappa shape index (κ1) is 21.0. The summed E-state index contributed by atoms with van der Waals surface area (Å²) in [7, 11) is 0. The SMILES string of the molecule is Cc1c(CNC(=O)c2ccc3c(c2)C(=O)N(C2CCC(=O)NC2=O)C3=O)sc2ccccc12. The molecule has 1 aromatic heterocycles. The Balaban J connectivity index is 1.34. The minimum Gasteiger partial charge on any atom is -0.347 e. The van der Waals surface area contributed by atoms with Crippen molar-refractivity contribution in [1.82, 2.24) is 15.5 Å². The van der Waals surface area contributed by atoms with Gasteiger partial charge in [0.1, 0.15) is 6.04 Å². The first-order chi connectivity index (χ1) is 15.8. The van der Waals surface area contributed by atoms with Gasteiger partial charge in [-0.25, -0.2) is 0 Å². The number of nitrogens with one attached hydrogen (secondary N) is 2. The zero-order valence-corrected chi connectivity index (χ0v) is 18.5. The van der Waals surface area contributed by atoms with Crippen molar-refractivity contribution in [2.24, 2.45) is 0 Å². The van der Waals surface area contributed by atoms with Gasteiger partial charge in [0.15, 0.2) is 0 Å². The summed E-state index contributed by atoms with van der Waals surface area (Å²) in [6.07, 6.45) is 0.132. The lowest BCUT2D eigenvalue weighted by Crippen LogP contribution is -2.54. The van der Waals surface area contributed by atoms with Crippen LogP contribution < -0.4 is 10.6 Å². The van der Waals surface area contributed by atoms with E-state index in [1.165, 1.54) is 18.2 Å². The maximum atomic E-state index is 12.9. The first-order valence-electron chi connectivity index (χ1n) is 10.5. The summed E-state index contributed by atoms with van der Waals surface area (Å²) in [6.45, 7) is 2.36. The lowest BCUT2D eigenvalue weighted by Gasteiger charge is -2.27. The number of rotatable bonds is 4. The number of imide groups is 2. The molecule has 3 heterocycles. The van der Waals surface area contributed by atoms with Gasteiger partial charge in [0.2, 0.25) is 11.8 Å². The molecule has 1 fully saturated rings. The standard InChI is InChI=1S/C24H19N3O5S/c1-12-14-4-2-3-5-18(14)33-19(12)11-25-21(29)13-6-7-15-16(10-13)24(32)27(23(15)31)17-8-9-20(28)26-22(17)30/h2-7,10,17H,8-9,11H2,1H3,(H,25,29)(H,26,28,30). The number of thiophene rings is 1. The number of carbonyl (C=O) groups excluding carboxylic acids is 5. The molecule has 166 valence electrons. The summed E-state index contributed by atoms with van der Waals surface area (Å²) in [4.78, 5) is 64.0. The molecule has 33 heavy (non-hydrogen) atoms. The average molecular weight is 461 g/mol. The highest BCUT2D eigenvalue weighted by Crippen LogP contribution is 2.31. The van der Waals surface area contributed by atoms with Gasteiger partial charge in [0.05, 0.1) is 17.7 Å². The van der Waals surface area contributed by atoms with Crippen molar-refractivity contribution in [2.45, 2.75) is 32.4 Å². The molecule has 1 unspecified atom stereocenters. The number of amides is 5. The quantitative estimate of drug-likeness (QED) is 0.580. The van der Waals surface area contributed by atoms with E-state index in [1.807, 2.05) is 31.2 Å². The van der Waals surface area contributed by atoms with Crippen LogP contribution in [0.1, 0.15) is 54.4 Å². The van der Waals surface area contributed by atoms with Crippen LogP contribution in [0.5, 0.6) is 0 Å². The molecule has 2 N–H and O–H groups in total. The molecule has 0 saturated carbocycles. The maximum absolute atomic E-state index is 12.9. The van der Waals surface area contributed by atoms with Crippen LogP contribution in [0.25, 0.3) is 10.1 Å². The van der Waals surface area contributed by atoms with E-state index >= 15 is 0 Å². The van der Waals surface area contributed by atoms with Crippen molar-refractivity contribution in [2.75, 3.05) is 0 Å². The smallest absolute Gasteiger partial charge is 0.262 e. The van der Waals surface area contributed by atoms with Crippen LogP contribution in [0.15, 0.2) is 42.5 Å². The van der Waals surface area contributed by atoms with Crippen LogP contribution in [0.4, 0.5) is 0 Å². The first-order valence-corrected chi connectivity index (χ1v) is 11.3. The van der Waals surface area contributed by atoms with E-state index in [1.54, 1.807) is 11.3 Å². The van der Waals surface area contributed by atoms with Gasteiger partial charge in [-0.05, 0) is 48.6 Å². The van der Waals surface area contributed by atoms with Crippen molar-refractivity contribution in [3.05, 3.63) is 69.6 Å². The number of hydrogen-bond donors (Lipinski definition) is 2. The van der Waals surface area contributed by atoms with Gasteiger partial charge in [-0.15, -0.1) is 11.3 Å². The number of benzene rings is 2. The summed E-state index contributed by atoms with van der Waals surface area (Å²) < 4.78 is 1.15. The molecular formula is C24H19N3O5S. The van der Waals surface area contributed by atoms with Gasteiger partial charge < -0.3 is 5.32 Å². The molecule has 5 rings (SSSR count). The second kappa shape index (κ2) is 7.93. The molecule has 2 aliphatic heterocycles. The number of aryl methyl sites for hydroxylation is 1. The normalized spacial score (nSPS) is 18.0. The zero-order chi connectivity index (χ0) is 23.3. The predicted octanol–water partition coefficient (Wildman–Crippen LogP) is 2.54. The monoisotopic (exact) mass is 461 g/mol. The molecule has 0 radical (unpaired) electrons. The van der Waals surface area contributed by atoms with Gasteiger partial charge in [-0.3, -0.25) is 34.2 Å². The van der Waals surface area contributed by atoms with E-state index in [0.29, 0.717) is 6.54 Å². The summed E-state index contributed by atoms with van der Waals surface area (Å²) in [6, 6.07) is 11.3. The maximum Gasteiger partial charge on any atom is 0.262 e. The van der Waals surface area contributed by atoms with Gasteiger partial charge in [0.25, 0.3) is 17.7 Å². The van der Waals surface area contributed by atoms with Crippen molar-refractivity contribution >= 4 is 51.0 Å². The summed E-state index contributed by atoms with van der Waals surface area (Å²) in [5.74, 6) is -2.70. The summed E-state index contributed by atoms with van der Waals surface area (Å²) >= 11 is 1.62. The Bertz CT molecular complexity index is 1380. The largest absolute Gasteiger partial charge is 0.347 e. The van der Waals surface area contributed by atoms with Crippen LogP contribution in [-0.2, 0) is 16.1 Å². The van der Waals surface area contributed by atoms with Crippen molar-refractivity contribution in [3.8, 4) is 0 Å². The highest BCUT2D eigenvalue weighted by molar-refractivity contribution is 7.19. The van der Waals surface area contributed by atoms with Crippen molar-refractivity contribution in [1.29, 1.82) is 0 Å². The van der Waals surface area contributed by atoms with Gasteiger partial charge in [-0.1, -0.05) is 18.2 Å². The van der Waals surface area contributed by atoms with Crippen LogP contribution in [0, 0.1) is 6.92 Å². The Kier molecular flexibility index (Phi) is 5.05. The number of hydrogen-bond acceptors (Lipinski definition) is 6. The van der Waals surface area contributed by atoms with E-state index in [4.69, 9.17) is 0 Å². The number of piperidine rings is 1. The van der Waals surface area contributed by atoms with Gasteiger partial charge in [-0.2, -0.15) is 0 Å². The second-order valence-electron chi connectivity index (χ2n) is 8.04. The molecule has 8 nitrogen and oxygen atoms in total. The molecule has 0 bridgehead atoms. The minimum atomic E-state index is -1.04. The van der Waals surface area contributed by atoms with E-state index in [-0.39, 0.29) is 35.4 Å². The lowest BCUT2D eigenvalue weighted by atomic mass is 10.0. The van der Waals surface area contributed by atoms with E-state index < -0.39 is 29.7 Å². The Morgan fingerprint density at radius 1 is 1.09 bits per heavy atom.